The molecular weight excluding hydrogens is 244 g/mol. The third kappa shape index (κ3) is 4.60. The van der Waals surface area contributed by atoms with E-state index in [2.05, 4.69) is 54.4 Å². The second-order valence-electron chi connectivity index (χ2n) is 6.08. The van der Waals surface area contributed by atoms with Gasteiger partial charge < -0.3 is 5.32 Å². The number of hydrogen-bond acceptors (Lipinski definition) is 2. The Kier molecular flexibility index (Phi) is 6.55. The molecule has 1 aromatic carbocycles. The molecule has 2 heteroatoms. The lowest BCUT2D eigenvalue weighted by Crippen LogP contribution is -2.51. The average molecular weight is 274 g/mol. The second-order valence-corrected chi connectivity index (χ2v) is 6.08. The van der Waals surface area contributed by atoms with Gasteiger partial charge in [-0.25, -0.2) is 0 Å². The molecule has 1 aromatic rings. The topological polar surface area (TPSA) is 15.3 Å². The molecular formula is C18H30N2. The fraction of sp³-hybridized carbons (Fsp3) is 0.667. The summed E-state index contributed by atoms with van der Waals surface area (Å²) in [7, 11) is 0. The Balaban J connectivity index is 1.86. The van der Waals surface area contributed by atoms with E-state index >= 15 is 0 Å². The molecule has 0 aliphatic carbocycles. The third-order valence-electron chi connectivity index (χ3n) is 4.49. The second kappa shape index (κ2) is 8.43. The molecule has 2 nitrogen and oxygen atoms in total. The van der Waals surface area contributed by atoms with Crippen LogP contribution >= 0.6 is 0 Å². The zero-order valence-electron chi connectivity index (χ0n) is 13.1. The Labute approximate surface area is 124 Å². The van der Waals surface area contributed by atoms with Gasteiger partial charge in [0, 0.05) is 18.6 Å². The number of hydrogen-bond donors (Lipinski definition) is 1. The van der Waals surface area contributed by atoms with Gasteiger partial charge in [-0.15, -0.1) is 0 Å². The summed E-state index contributed by atoms with van der Waals surface area (Å²) < 4.78 is 0. The van der Waals surface area contributed by atoms with E-state index in [4.69, 9.17) is 0 Å². The molecule has 1 aliphatic heterocycles. The number of piperidine rings is 1. The summed E-state index contributed by atoms with van der Waals surface area (Å²) in [6.45, 7) is 8.22. The highest BCUT2D eigenvalue weighted by Gasteiger charge is 2.26. The Bertz CT molecular complexity index is 363. The molecule has 0 saturated carbocycles. The highest BCUT2D eigenvalue weighted by Crippen LogP contribution is 2.20. The first-order valence-corrected chi connectivity index (χ1v) is 8.32. The van der Waals surface area contributed by atoms with Crippen LogP contribution in [0.25, 0.3) is 0 Å². The summed E-state index contributed by atoms with van der Waals surface area (Å²) in [5, 5.41) is 3.69. The first-order chi connectivity index (χ1) is 9.81. The van der Waals surface area contributed by atoms with Crippen LogP contribution in [0.1, 0.15) is 45.1 Å². The number of nitrogens with one attached hydrogen (secondary N) is 1. The van der Waals surface area contributed by atoms with Crippen LogP contribution in [-0.4, -0.2) is 36.6 Å². The van der Waals surface area contributed by atoms with Gasteiger partial charge in [0.15, 0.2) is 0 Å². The van der Waals surface area contributed by atoms with Crippen LogP contribution in [0, 0.1) is 0 Å². The molecule has 1 fully saturated rings. The predicted octanol–water partition coefficient (Wildman–Crippen LogP) is 3.47. The van der Waals surface area contributed by atoms with Crippen molar-refractivity contribution >= 4 is 0 Å². The Morgan fingerprint density at radius 3 is 2.80 bits per heavy atom. The highest BCUT2D eigenvalue weighted by atomic mass is 15.2. The van der Waals surface area contributed by atoms with Crippen LogP contribution in [0.2, 0.25) is 0 Å². The van der Waals surface area contributed by atoms with Crippen LogP contribution in [0.5, 0.6) is 0 Å². The van der Waals surface area contributed by atoms with Gasteiger partial charge in [-0.3, -0.25) is 4.90 Å². The smallest absolute Gasteiger partial charge is 0.0246 e. The van der Waals surface area contributed by atoms with Crippen LogP contribution < -0.4 is 5.32 Å². The molecule has 1 saturated heterocycles. The van der Waals surface area contributed by atoms with Gasteiger partial charge in [-0.1, -0.05) is 43.7 Å². The summed E-state index contributed by atoms with van der Waals surface area (Å²) in [5.74, 6) is 0. The number of nitrogens with zero attached hydrogens (tertiary/aromatic N) is 1. The lowest BCUT2D eigenvalue weighted by atomic mass is 9.95. The molecule has 1 N–H and O–H groups in total. The molecule has 2 unspecified atom stereocenters. The van der Waals surface area contributed by atoms with Gasteiger partial charge in [0.25, 0.3) is 0 Å². The van der Waals surface area contributed by atoms with Gasteiger partial charge in [-0.2, -0.15) is 0 Å². The maximum Gasteiger partial charge on any atom is 0.0246 e. The van der Waals surface area contributed by atoms with E-state index in [1.165, 1.54) is 50.8 Å². The number of likely N-dealkylation sites (tertiary alicyclic amines) is 1. The lowest BCUT2D eigenvalue weighted by Gasteiger charge is -2.39. The van der Waals surface area contributed by atoms with E-state index < -0.39 is 0 Å². The summed E-state index contributed by atoms with van der Waals surface area (Å²) in [6, 6.07) is 12.2. The van der Waals surface area contributed by atoms with Crippen LogP contribution in [-0.2, 0) is 6.42 Å². The van der Waals surface area contributed by atoms with Crippen molar-refractivity contribution in [1.29, 1.82) is 0 Å². The maximum atomic E-state index is 3.69. The molecule has 0 amide bonds. The van der Waals surface area contributed by atoms with Gasteiger partial charge in [0.1, 0.15) is 0 Å². The minimum atomic E-state index is 0.617. The van der Waals surface area contributed by atoms with Gasteiger partial charge in [0.2, 0.25) is 0 Å². The van der Waals surface area contributed by atoms with Crippen LogP contribution in [0.4, 0.5) is 0 Å². The molecule has 2 atom stereocenters. The normalized spacial score (nSPS) is 21.8. The number of benzene rings is 1. The first kappa shape index (κ1) is 15.5. The largest absolute Gasteiger partial charge is 0.313 e. The Hall–Kier alpha value is -0.860. The fourth-order valence-electron chi connectivity index (χ4n) is 3.29. The molecule has 0 aromatic heterocycles. The molecule has 0 radical (unpaired) electrons. The van der Waals surface area contributed by atoms with E-state index in [1.54, 1.807) is 0 Å². The SMILES string of the molecule is CCCNC(C)C1CCCCN1CCc1ccccc1. The molecule has 112 valence electrons. The zero-order chi connectivity index (χ0) is 14.2. The zero-order valence-corrected chi connectivity index (χ0v) is 13.1. The molecule has 1 aliphatic rings. The summed E-state index contributed by atoms with van der Waals surface area (Å²) in [5.41, 5.74) is 1.46. The van der Waals surface area contributed by atoms with Crippen LogP contribution in [0.15, 0.2) is 30.3 Å². The van der Waals surface area contributed by atoms with E-state index in [-0.39, 0.29) is 0 Å². The van der Waals surface area contributed by atoms with Crippen molar-refractivity contribution in [3.05, 3.63) is 35.9 Å². The average Bonchev–Trinajstić information content (AvgIpc) is 2.52. The first-order valence-electron chi connectivity index (χ1n) is 8.32. The van der Waals surface area contributed by atoms with Crippen molar-refractivity contribution in [3.8, 4) is 0 Å². The van der Waals surface area contributed by atoms with Gasteiger partial charge in [0.05, 0.1) is 0 Å². The minimum Gasteiger partial charge on any atom is -0.313 e. The molecule has 0 bridgehead atoms. The van der Waals surface area contributed by atoms with E-state index in [1.807, 2.05) is 0 Å². The van der Waals surface area contributed by atoms with Gasteiger partial charge in [-0.05, 0) is 51.3 Å². The van der Waals surface area contributed by atoms with Crippen molar-refractivity contribution in [3.63, 3.8) is 0 Å². The third-order valence-corrected chi connectivity index (χ3v) is 4.49. The lowest BCUT2D eigenvalue weighted by molar-refractivity contribution is 0.121. The highest BCUT2D eigenvalue weighted by molar-refractivity contribution is 5.15. The predicted molar refractivity (Wildman–Crippen MR) is 87.1 cm³/mol. The standard InChI is InChI=1S/C18H30N2/c1-3-13-19-16(2)18-11-7-8-14-20(18)15-12-17-9-5-4-6-10-17/h4-6,9-10,16,18-19H,3,7-8,11-15H2,1-2H3. The minimum absolute atomic E-state index is 0.617. The maximum absolute atomic E-state index is 3.69. The quantitative estimate of drug-likeness (QED) is 0.819. The monoisotopic (exact) mass is 274 g/mol. The van der Waals surface area contributed by atoms with Crippen molar-refractivity contribution in [2.24, 2.45) is 0 Å². The van der Waals surface area contributed by atoms with E-state index in [0.29, 0.717) is 6.04 Å². The Morgan fingerprint density at radius 1 is 1.25 bits per heavy atom. The van der Waals surface area contributed by atoms with Crippen molar-refractivity contribution in [2.75, 3.05) is 19.6 Å². The summed E-state index contributed by atoms with van der Waals surface area (Å²) in [6.07, 6.45) is 6.52. The van der Waals surface area contributed by atoms with Crippen molar-refractivity contribution in [1.82, 2.24) is 10.2 Å². The molecule has 2 rings (SSSR count). The number of rotatable bonds is 7. The Morgan fingerprint density at radius 2 is 2.05 bits per heavy atom. The molecule has 20 heavy (non-hydrogen) atoms. The fourth-order valence-corrected chi connectivity index (χ4v) is 3.29. The van der Waals surface area contributed by atoms with Crippen molar-refractivity contribution in [2.45, 2.75) is 58.0 Å². The van der Waals surface area contributed by atoms with Crippen LogP contribution in [0.3, 0.4) is 0 Å². The molecule has 1 heterocycles. The van der Waals surface area contributed by atoms with E-state index in [0.717, 1.165) is 12.6 Å². The van der Waals surface area contributed by atoms with E-state index in [9.17, 15) is 0 Å². The van der Waals surface area contributed by atoms with Crippen molar-refractivity contribution < 1.29 is 0 Å². The summed E-state index contributed by atoms with van der Waals surface area (Å²) >= 11 is 0. The summed E-state index contributed by atoms with van der Waals surface area (Å²) in [4.78, 5) is 2.71. The molecule has 0 spiro atoms. The van der Waals surface area contributed by atoms with Gasteiger partial charge >= 0.3 is 0 Å².